The van der Waals surface area contributed by atoms with Gasteiger partial charge in [0.25, 0.3) is 0 Å². The maximum atomic E-state index is 12.0. The maximum Gasteiger partial charge on any atom is 0.307 e. The molecule has 2 aromatic rings. The third-order valence-electron chi connectivity index (χ3n) is 4.73. The minimum Gasteiger partial charge on any atom is -0.507 e. The number of benzene rings is 2. The zero-order valence-electron chi connectivity index (χ0n) is 14.4. The fraction of sp³-hybridized carbons (Fsp3) is 0.350. The largest absolute Gasteiger partial charge is 0.507 e. The fourth-order valence-electron chi connectivity index (χ4n) is 3.63. The van der Waals surface area contributed by atoms with E-state index in [0.717, 1.165) is 22.3 Å². The zero-order valence-corrected chi connectivity index (χ0v) is 14.4. The van der Waals surface area contributed by atoms with E-state index in [0.29, 0.717) is 17.5 Å². The summed E-state index contributed by atoms with van der Waals surface area (Å²) in [4.78, 5) is 12.0. The summed E-state index contributed by atoms with van der Waals surface area (Å²) in [6.07, 6.45) is 0.637. The Morgan fingerprint density at radius 1 is 0.875 bits per heavy atom. The highest BCUT2D eigenvalue weighted by atomic mass is 16.6. The highest BCUT2D eigenvalue weighted by Crippen LogP contribution is 2.50. The van der Waals surface area contributed by atoms with Crippen LogP contribution < -0.4 is 0 Å². The molecule has 1 aliphatic rings. The Hall–Kier alpha value is -2.49. The second kappa shape index (κ2) is 5.55. The van der Waals surface area contributed by atoms with Crippen molar-refractivity contribution in [1.82, 2.24) is 0 Å². The second-order valence-electron chi connectivity index (χ2n) is 6.76. The van der Waals surface area contributed by atoms with Crippen LogP contribution in [0.25, 0.3) is 0 Å². The first-order chi connectivity index (χ1) is 11.2. The van der Waals surface area contributed by atoms with Gasteiger partial charge in [-0.25, -0.2) is 0 Å². The van der Waals surface area contributed by atoms with Crippen LogP contribution in [0.2, 0.25) is 0 Å². The Balaban J connectivity index is 2.35. The molecule has 0 aromatic heterocycles. The number of aryl methyl sites for hydroxylation is 4. The van der Waals surface area contributed by atoms with Gasteiger partial charge in [-0.05, 0) is 51.0 Å². The Morgan fingerprint density at radius 2 is 1.33 bits per heavy atom. The SMILES string of the molecule is Cc1cc(C)c(O)c(C2(c3cc(C)cc(C)c3O)CCC(=O)O2)c1. The lowest BCUT2D eigenvalue weighted by atomic mass is 9.80. The van der Waals surface area contributed by atoms with E-state index in [2.05, 4.69) is 0 Å². The molecule has 1 saturated heterocycles. The van der Waals surface area contributed by atoms with Gasteiger partial charge in [-0.3, -0.25) is 4.79 Å². The summed E-state index contributed by atoms with van der Waals surface area (Å²) in [7, 11) is 0. The summed E-state index contributed by atoms with van der Waals surface area (Å²) in [6, 6.07) is 7.42. The molecule has 1 fully saturated rings. The van der Waals surface area contributed by atoms with E-state index in [-0.39, 0.29) is 23.9 Å². The molecule has 0 unspecified atom stereocenters. The standard InChI is InChI=1S/C20H22O4/c1-11-7-13(3)18(22)15(9-11)20(6-5-17(21)24-20)16-10-12(2)8-14(4)19(16)23/h7-10,22-23H,5-6H2,1-4H3. The van der Waals surface area contributed by atoms with Crippen molar-refractivity contribution in [3.05, 3.63) is 57.6 Å². The number of aromatic hydroxyl groups is 2. The number of ether oxygens (including phenoxy) is 1. The van der Waals surface area contributed by atoms with Gasteiger partial charge in [0.05, 0.1) is 6.42 Å². The summed E-state index contributed by atoms with van der Waals surface area (Å²) in [6.45, 7) is 7.50. The number of hydrogen-bond donors (Lipinski definition) is 2. The average Bonchev–Trinajstić information content (AvgIpc) is 2.89. The highest BCUT2D eigenvalue weighted by Gasteiger charge is 2.47. The van der Waals surface area contributed by atoms with E-state index >= 15 is 0 Å². The Morgan fingerprint density at radius 3 is 1.71 bits per heavy atom. The van der Waals surface area contributed by atoms with Crippen LogP contribution in [0.15, 0.2) is 24.3 Å². The molecule has 3 rings (SSSR count). The van der Waals surface area contributed by atoms with E-state index in [1.807, 2.05) is 52.0 Å². The van der Waals surface area contributed by atoms with Crippen LogP contribution in [-0.2, 0) is 15.1 Å². The lowest BCUT2D eigenvalue weighted by molar-refractivity contribution is -0.146. The van der Waals surface area contributed by atoms with E-state index in [1.54, 1.807) is 0 Å². The summed E-state index contributed by atoms with van der Waals surface area (Å²) < 4.78 is 5.74. The van der Waals surface area contributed by atoms with Crippen molar-refractivity contribution in [2.75, 3.05) is 0 Å². The van der Waals surface area contributed by atoms with E-state index in [9.17, 15) is 15.0 Å². The second-order valence-corrected chi connectivity index (χ2v) is 6.76. The van der Waals surface area contributed by atoms with Gasteiger partial charge in [0.2, 0.25) is 0 Å². The quantitative estimate of drug-likeness (QED) is 0.821. The fourth-order valence-corrected chi connectivity index (χ4v) is 3.63. The number of carbonyl (C=O) groups is 1. The molecule has 4 heteroatoms. The Labute approximate surface area is 141 Å². The van der Waals surface area contributed by atoms with Crippen LogP contribution in [0, 0.1) is 27.7 Å². The van der Waals surface area contributed by atoms with Crippen LogP contribution in [0.5, 0.6) is 11.5 Å². The number of phenols is 2. The Bertz CT molecular complexity index is 779. The van der Waals surface area contributed by atoms with Crippen LogP contribution in [0.1, 0.15) is 46.2 Å². The van der Waals surface area contributed by atoms with Crippen molar-refractivity contribution in [3.63, 3.8) is 0 Å². The van der Waals surface area contributed by atoms with Gasteiger partial charge < -0.3 is 14.9 Å². The predicted molar refractivity (Wildman–Crippen MR) is 91.3 cm³/mol. The monoisotopic (exact) mass is 326 g/mol. The number of rotatable bonds is 2. The van der Waals surface area contributed by atoms with Crippen molar-refractivity contribution in [1.29, 1.82) is 0 Å². The maximum absolute atomic E-state index is 12.0. The lowest BCUT2D eigenvalue weighted by Gasteiger charge is -2.31. The molecular weight excluding hydrogens is 304 g/mol. The molecular formula is C20H22O4. The zero-order chi connectivity index (χ0) is 17.6. The molecule has 24 heavy (non-hydrogen) atoms. The summed E-state index contributed by atoms with van der Waals surface area (Å²) in [5.74, 6) is -0.116. The molecule has 0 aliphatic carbocycles. The van der Waals surface area contributed by atoms with Crippen molar-refractivity contribution in [3.8, 4) is 11.5 Å². The van der Waals surface area contributed by atoms with Gasteiger partial charge in [0.15, 0.2) is 5.60 Å². The Kier molecular flexibility index (Phi) is 3.78. The van der Waals surface area contributed by atoms with Crippen molar-refractivity contribution in [2.24, 2.45) is 0 Å². The average molecular weight is 326 g/mol. The highest BCUT2D eigenvalue weighted by molar-refractivity contribution is 5.75. The number of phenolic OH excluding ortho intramolecular Hbond substituents is 2. The van der Waals surface area contributed by atoms with Crippen molar-refractivity contribution < 1.29 is 19.7 Å². The predicted octanol–water partition coefficient (Wildman–Crippen LogP) is 3.91. The number of esters is 1. The van der Waals surface area contributed by atoms with Crippen molar-refractivity contribution >= 4 is 5.97 Å². The topological polar surface area (TPSA) is 66.8 Å². The molecule has 1 aliphatic heterocycles. The molecule has 0 spiro atoms. The van der Waals surface area contributed by atoms with Gasteiger partial charge in [0.1, 0.15) is 11.5 Å². The molecule has 4 nitrogen and oxygen atoms in total. The third kappa shape index (κ3) is 2.42. The van der Waals surface area contributed by atoms with Gasteiger partial charge in [0, 0.05) is 17.5 Å². The van der Waals surface area contributed by atoms with Gasteiger partial charge in [-0.15, -0.1) is 0 Å². The van der Waals surface area contributed by atoms with Gasteiger partial charge >= 0.3 is 5.97 Å². The van der Waals surface area contributed by atoms with Crippen LogP contribution >= 0.6 is 0 Å². The molecule has 1 heterocycles. The number of carbonyl (C=O) groups excluding carboxylic acids is 1. The molecule has 0 amide bonds. The summed E-state index contributed by atoms with van der Waals surface area (Å²) >= 11 is 0. The smallest absolute Gasteiger partial charge is 0.307 e. The minimum absolute atomic E-state index is 0.105. The van der Waals surface area contributed by atoms with E-state index < -0.39 is 5.60 Å². The first kappa shape index (κ1) is 16.4. The molecule has 2 N–H and O–H groups in total. The van der Waals surface area contributed by atoms with E-state index in [4.69, 9.17) is 4.74 Å². The van der Waals surface area contributed by atoms with Gasteiger partial charge in [-0.1, -0.05) is 23.3 Å². The van der Waals surface area contributed by atoms with E-state index in [1.165, 1.54) is 0 Å². The van der Waals surface area contributed by atoms with Gasteiger partial charge in [-0.2, -0.15) is 0 Å². The summed E-state index contributed by atoms with van der Waals surface area (Å²) in [5, 5.41) is 21.3. The van der Waals surface area contributed by atoms with Crippen LogP contribution in [0.4, 0.5) is 0 Å². The molecule has 0 atom stereocenters. The first-order valence-corrected chi connectivity index (χ1v) is 8.08. The molecule has 126 valence electrons. The molecule has 0 radical (unpaired) electrons. The first-order valence-electron chi connectivity index (χ1n) is 8.08. The number of hydrogen-bond acceptors (Lipinski definition) is 4. The van der Waals surface area contributed by atoms with Crippen LogP contribution in [-0.4, -0.2) is 16.2 Å². The molecule has 0 bridgehead atoms. The molecule has 0 saturated carbocycles. The third-order valence-corrected chi connectivity index (χ3v) is 4.73. The normalized spacial score (nSPS) is 16.2. The molecule has 2 aromatic carbocycles. The van der Waals surface area contributed by atoms with Crippen LogP contribution in [0.3, 0.4) is 0 Å². The minimum atomic E-state index is -1.15. The lowest BCUT2D eigenvalue weighted by Crippen LogP contribution is -2.28. The van der Waals surface area contributed by atoms with Crippen molar-refractivity contribution in [2.45, 2.75) is 46.1 Å². The number of cyclic esters (lactones) is 1. The summed E-state index contributed by atoms with van der Waals surface area (Å²) in [5.41, 5.74) is 3.28.